The Labute approximate surface area is 177 Å². The van der Waals surface area contributed by atoms with E-state index in [4.69, 9.17) is 4.74 Å². The lowest BCUT2D eigenvalue weighted by atomic mass is 9.99. The number of hydrogen-bond donors (Lipinski definition) is 1. The summed E-state index contributed by atoms with van der Waals surface area (Å²) in [7, 11) is 1.98. The van der Waals surface area contributed by atoms with Gasteiger partial charge in [-0.3, -0.25) is 9.69 Å². The Morgan fingerprint density at radius 3 is 2.40 bits per heavy atom. The molecule has 0 spiro atoms. The van der Waals surface area contributed by atoms with E-state index in [1.54, 1.807) is 12.1 Å². The zero-order valence-electron chi connectivity index (χ0n) is 17.5. The van der Waals surface area contributed by atoms with Gasteiger partial charge in [0.15, 0.2) is 5.76 Å². The van der Waals surface area contributed by atoms with Gasteiger partial charge in [-0.2, -0.15) is 0 Å². The molecule has 0 radical (unpaired) electrons. The highest BCUT2D eigenvalue weighted by Crippen LogP contribution is 2.42. The van der Waals surface area contributed by atoms with Gasteiger partial charge in [-0.05, 0) is 49.7 Å². The van der Waals surface area contributed by atoms with Crippen LogP contribution in [0.15, 0.2) is 66.4 Å². The number of Topliss-reactive ketones (excluding diaryl/α,β-unsaturated/α-hetero) is 1. The number of allylic oxidation sites excluding steroid dienone is 1. The lowest BCUT2D eigenvalue weighted by molar-refractivity contribution is 0.101. The van der Waals surface area contributed by atoms with Gasteiger partial charge in [-0.1, -0.05) is 60.2 Å². The third-order valence-corrected chi connectivity index (χ3v) is 5.32. The zero-order chi connectivity index (χ0) is 21.3. The Kier molecular flexibility index (Phi) is 5.42. The molecule has 0 unspecified atom stereocenters. The first-order chi connectivity index (χ1) is 14.4. The first-order valence-corrected chi connectivity index (χ1v) is 10.0. The number of phenols is 1. The van der Waals surface area contributed by atoms with Crippen molar-refractivity contribution >= 4 is 11.9 Å². The van der Waals surface area contributed by atoms with Crippen LogP contribution in [0, 0.1) is 13.8 Å². The highest BCUT2D eigenvalue weighted by Gasteiger charge is 2.33. The molecule has 0 saturated carbocycles. The van der Waals surface area contributed by atoms with Gasteiger partial charge in [-0.25, -0.2) is 0 Å². The summed E-state index contributed by atoms with van der Waals surface area (Å²) < 4.78 is 6.02. The van der Waals surface area contributed by atoms with Crippen LogP contribution in [-0.2, 0) is 13.1 Å². The molecule has 1 N–H and O–H groups in total. The summed E-state index contributed by atoms with van der Waals surface area (Å²) in [5.74, 6) is 0.760. The molecule has 3 aromatic carbocycles. The Balaban J connectivity index is 1.64. The summed E-state index contributed by atoms with van der Waals surface area (Å²) in [6, 6.07) is 19.7. The van der Waals surface area contributed by atoms with E-state index in [9.17, 15) is 9.90 Å². The Morgan fingerprint density at radius 2 is 1.70 bits per heavy atom. The van der Waals surface area contributed by atoms with E-state index < -0.39 is 0 Å². The van der Waals surface area contributed by atoms with Crippen molar-refractivity contribution in [1.29, 1.82) is 0 Å². The average Bonchev–Trinajstić information content (AvgIpc) is 3.04. The van der Waals surface area contributed by atoms with Gasteiger partial charge in [0.05, 0.1) is 11.1 Å². The molecule has 0 amide bonds. The molecule has 1 aliphatic heterocycles. The van der Waals surface area contributed by atoms with Gasteiger partial charge in [0.25, 0.3) is 0 Å². The van der Waals surface area contributed by atoms with Gasteiger partial charge < -0.3 is 9.84 Å². The van der Waals surface area contributed by atoms with Crippen molar-refractivity contribution in [1.82, 2.24) is 4.90 Å². The van der Waals surface area contributed by atoms with Crippen molar-refractivity contribution < 1.29 is 14.6 Å². The number of hydrogen-bond acceptors (Lipinski definition) is 4. The summed E-state index contributed by atoms with van der Waals surface area (Å²) in [5, 5.41) is 10.6. The molecule has 0 fully saturated rings. The predicted molar refractivity (Wildman–Crippen MR) is 119 cm³/mol. The number of aromatic hydroxyl groups is 1. The minimum Gasteiger partial charge on any atom is -0.507 e. The second kappa shape index (κ2) is 8.17. The summed E-state index contributed by atoms with van der Waals surface area (Å²) in [5.41, 5.74) is 5.13. The molecule has 0 aliphatic carbocycles. The average molecular weight is 399 g/mol. The van der Waals surface area contributed by atoms with Gasteiger partial charge in [0.1, 0.15) is 11.5 Å². The van der Waals surface area contributed by atoms with Crippen molar-refractivity contribution in [3.63, 3.8) is 0 Å². The molecule has 0 aromatic heterocycles. The molecule has 4 rings (SSSR count). The number of fused-ring (bicyclic) bond motifs is 1. The number of nitrogens with zero attached hydrogens (tertiary/aromatic N) is 1. The van der Waals surface area contributed by atoms with Crippen molar-refractivity contribution in [2.75, 3.05) is 7.05 Å². The minimum atomic E-state index is -0.143. The van der Waals surface area contributed by atoms with Crippen LogP contribution < -0.4 is 4.74 Å². The largest absolute Gasteiger partial charge is 0.507 e. The summed E-state index contributed by atoms with van der Waals surface area (Å²) in [6.45, 7) is 5.04. The minimum absolute atomic E-state index is 0.143. The van der Waals surface area contributed by atoms with E-state index >= 15 is 0 Å². The van der Waals surface area contributed by atoms with Crippen LogP contribution in [0.3, 0.4) is 0 Å². The van der Waals surface area contributed by atoms with E-state index in [0.717, 1.165) is 17.7 Å². The number of rotatable bonds is 5. The smallest absolute Gasteiger partial charge is 0.232 e. The molecule has 0 atom stereocenters. The second-order valence-corrected chi connectivity index (χ2v) is 7.90. The van der Waals surface area contributed by atoms with E-state index in [1.807, 2.05) is 63.4 Å². The Morgan fingerprint density at radius 1 is 1.00 bits per heavy atom. The monoisotopic (exact) mass is 399 g/mol. The van der Waals surface area contributed by atoms with E-state index in [1.165, 1.54) is 5.56 Å². The topological polar surface area (TPSA) is 49.8 Å². The molecular weight excluding hydrogens is 374 g/mol. The number of phenolic OH excluding ortho intramolecular Hbond substituents is 1. The van der Waals surface area contributed by atoms with Crippen LogP contribution >= 0.6 is 0 Å². The lowest BCUT2D eigenvalue weighted by Crippen LogP contribution is -2.17. The maximum Gasteiger partial charge on any atom is 0.232 e. The number of carbonyl (C=O) groups is 1. The highest BCUT2D eigenvalue weighted by molar-refractivity contribution is 6.15. The molecule has 1 heterocycles. The fourth-order valence-corrected chi connectivity index (χ4v) is 3.77. The molecule has 1 aliphatic rings. The SMILES string of the molecule is Cc1ccc(/C=C2\Oc3c(CN(C)Cc4ccccc4)c(O)cc(C)c3C2=O)cc1. The first-order valence-electron chi connectivity index (χ1n) is 10.0. The maximum atomic E-state index is 13.0. The highest BCUT2D eigenvalue weighted by atomic mass is 16.5. The van der Waals surface area contributed by atoms with Gasteiger partial charge in [-0.15, -0.1) is 0 Å². The number of carbonyl (C=O) groups excluding carboxylic acids is 1. The third kappa shape index (κ3) is 4.00. The van der Waals surface area contributed by atoms with E-state index in [2.05, 4.69) is 17.0 Å². The fourth-order valence-electron chi connectivity index (χ4n) is 3.77. The van der Waals surface area contributed by atoms with Crippen LogP contribution in [0.1, 0.15) is 38.2 Å². The third-order valence-electron chi connectivity index (χ3n) is 5.32. The van der Waals surface area contributed by atoms with E-state index in [0.29, 0.717) is 29.0 Å². The zero-order valence-corrected chi connectivity index (χ0v) is 17.5. The molecule has 152 valence electrons. The molecule has 4 nitrogen and oxygen atoms in total. The van der Waals surface area contributed by atoms with Crippen molar-refractivity contribution in [2.45, 2.75) is 26.9 Å². The molecule has 30 heavy (non-hydrogen) atoms. The van der Waals surface area contributed by atoms with Gasteiger partial charge in [0, 0.05) is 13.1 Å². The maximum absolute atomic E-state index is 13.0. The van der Waals surface area contributed by atoms with Crippen LogP contribution in [0.2, 0.25) is 0 Å². The second-order valence-electron chi connectivity index (χ2n) is 7.90. The molecule has 0 bridgehead atoms. The summed E-state index contributed by atoms with van der Waals surface area (Å²) >= 11 is 0. The van der Waals surface area contributed by atoms with Crippen molar-refractivity contribution in [3.05, 3.63) is 99.8 Å². The predicted octanol–water partition coefficient (Wildman–Crippen LogP) is 5.26. The van der Waals surface area contributed by atoms with Crippen molar-refractivity contribution in [2.24, 2.45) is 0 Å². The Bertz CT molecular complexity index is 1120. The normalized spacial score (nSPS) is 14.3. The molecule has 0 saturated heterocycles. The van der Waals surface area contributed by atoms with Gasteiger partial charge in [0.2, 0.25) is 5.78 Å². The number of ketones is 1. The van der Waals surface area contributed by atoms with Crippen LogP contribution in [0.4, 0.5) is 0 Å². The molecular formula is C26H25NO3. The first kappa shape index (κ1) is 19.9. The quantitative estimate of drug-likeness (QED) is 0.595. The standard InChI is InChI=1S/C26H25NO3/c1-17-9-11-19(12-10-17)14-23-25(29)24-18(2)13-22(28)21(26(24)30-23)16-27(3)15-20-7-5-4-6-8-20/h4-14,28H,15-16H2,1-3H3/b23-14-. The van der Waals surface area contributed by atoms with Crippen LogP contribution in [0.5, 0.6) is 11.5 Å². The number of aryl methyl sites for hydroxylation is 2. The summed E-state index contributed by atoms with van der Waals surface area (Å²) in [4.78, 5) is 15.1. The van der Waals surface area contributed by atoms with Crippen LogP contribution in [-0.4, -0.2) is 22.8 Å². The number of benzene rings is 3. The van der Waals surface area contributed by atoms with Crippen molar-refractivity contribution in [3.8, 4) is 11.5 Å². The van der Waals surface area contributed by atoms with Gasteiger partial charge >= 0.3 is 0 Å². The molecule has 4 heteroatoms. The van der Waals surface area contributed by atoms with Crippen LogP contribution in [0.25, 0.3) is 6.08 Å². The Hall–Kier alpha value is -3.37. The molecule has 3 aromatic rings. The lowest BCUT2D eigenvalue weighted by Gasteiger charge is -2.19. The summed E-state index contributed by atoms with van der Waals surface area (Å²) in [6.07, 6.45) is 1.76. The van der Waals surface area contributed by atoms with E-state index in [-0.39, 0.29) is 17.3 Å². The number of ether oxygens (including phenoxy) is 1. The fraction of sp³-hybridized carbons (Fsp3) is 0.192.